The van der Waals surface area contributed by atoms with Crippen LogP contribution in [0.1, 0.15) is 22.3 Å². The summed E-state index contributed by atoms with van der Waals surface area (Å²) in [6, 6.07) is 64.3. The Kier molecular flexibility index (Phi) is 7.66. The van der Waals surface area contributed by atoms with Gasteiger partial charge in [0.25, 0.3) is 0 Å². The third kappa shape index (κ3) is 5.28. The first-order valence-corrected chi connectivity index (χ1v) is 18.8. The molecule has 4 nitrogen and oxygen atoms in total. The predicted molar refractivity (Wildman–Crippen MR) is 230 cm³/mol. The molecule has 4 heteroatoms. The largest absolute Gasteiger partial charge is 0.308 e. The van der Waals surface area contributed by atoms with Crippen LogP contribution >= 0.6 is 0 Å². The maximum Gasteiger partial charge on any atom is 0.0993 e. The third-order valence-corrected chi connectivity index (χ3v) is 11.1. The molecule has 0 unspecified atom stereocenters. The summed E-state index contributed by atoms with van der Waals surface area (Å²) in [6.07, 6.45) is 0. The Morgan fingerprint density at radius 3 is 1.29 bits per heavy atom. The number of fused-ring (bicyclic) bond motifs is 6. The van der Waals surface area contributed by atoms with Gasteiger partial charge in [0, 0.05) is 27.1 Å². The van der Waals surface area contributed by atoms with Crippen LogP contribution in [0.5, 0.6) is 0 Å². The highest BCUT2D eigenvalue weighted by molar-refractivity contribution is 6.13. The summed E-state index contributed by atoms with van der Waals surface area (Å²) in [7, 11) is 0. The van der Waals surface area contributed by atoms with Crippen LogP contribution in [0.15, 0.2) is 170 Å². The van der Waals surface area contributed by atoms with Crippen LogP contribution in [-0.4, -0.2) is 9.13 Å². The van der Waals surface area contributed by atoms with Gasteiger partial charge in [-0.3, -0.25) is 0 Å². The van der Waals surface area contributed by atoms with Gasteiger partial charge in [-0.2, -0.15) is 10.5 Å². The van der Waals surface area contributed by atoms with E-state index in [-0.39, 0.29) is 0 Å². The van der Waals surface area contributed by atoms with Gasteiger partial charge >= 0.3 is 0 Å². The Balaban J connectivity index is 1.32. The molecule has 56 heavy (non-hydrogen) atoms. The monoisotopic (exact) mass is 714 g/mol. The van der Waals surface area contributed by atoms with Crippen molar-refractivity contribution < 1.29 is 0 Å². The van der Waals surface area contributed by atoms with Gasteiger partial charge in [0.15, 0.2) is 0 Å². The molecule has 10 rings (SSSR count). The van der Waals surface area contributed by atoms with Crippen molar-refractivity contribution in [2.24, 2.45) is 0 Å². The summed E-state index contributed by atoms with van der Waals surface area (Å²) in [5, 5.41) is 25.4. The molecule has 0 aliphatic carbocycles. The molecule has 0 aliphatic heterocycles. The minimum atomic E-state index is 0.541. The van der Waals surface area contributed by atoms with Crippen molar-refractivity contribution >= 4 is 43.6 Å². The molecule has 262 valence electrons. The lowest BCUT2D eigenvalue weighted by atomic mass is 9.96. The van der Waals surface area contributed by atoms with Crippen LogP contribution < -0.4 is 0 Å². The molecule has 0 bridgehead atoms. The summed E-state index contributed by atoms with van der Waals surface area (Å²) in [4.78, 5) is 0. The van der Waals surface area contributed by atoms with Crippen LogP contribution in [0.2, 0.25) is 0 Å². The second-order valence-electron chi connectivity index (χ2n) is 14.6. The normalized spacial score (nSPS) is 11.4. The zero-order valence-electron chi connectivity index (χ0n) is 31.0. The number of nitriles is 2. The first kappa shape index (κ1) is 32.9. The van der Waals surface area contributed by atoms with Crippen molar-refractivity contribution in [1.82, 2.24) is 9.13 Å². The standard InChI is InChI=1S/C52H34N4/c1-33-14-18-37(19-15-33)39-22-24-48-44(29-39)42-10-3-5-12-46(42)55(48)50-27-36(32-54)28-51(52(50)41-9-7-8-35(26-41)31-53)56-47-13-6-4-11-43(47)45-30-40(23-25-49(45)56)38-20-16-34(2)17-21-38/h3-30H,1-2H3. The minimum Gasteiger partial charge on any atom is -0.308 e. The van der Waals surface area contributed by atoms with Gasteiger partial charge in [-0.15, -0.1) is 0 Å². The number of nitrogens with zero attached hydrogens (tertiary/aromatic N) is 4. The first-order valence-electron chi connectivity index (χ1n) is 18.8. The molecule has 0 fully saturated rings. The number of aromatic nitrogens is 2. The average molecular weight is 715 g/mol. The predicted octanol–water partition coefficient (Wildman–Crippen LogP) is 13.2. The zero-order valence-corrected chi connectivity index (χ0v) is 31.0. The Bertz CT molecular complexity index is 3090. The fourth-order valence-electron chi connectivity index (χ4n) is 8.39. The SMILES string of the molecule is Cc1ccc(-c2ccc3c(c2)c2ccccc2n3-c2cc(C#N)cc(-n3c4ccccc4c4cc(-c5ccc(C)cc5)ccc43)c2-c2cccc(C#N)c2)cc1. The van der Waals surface area contributed by atoms with Crippen LogP contribution in [-0.2, 0) is 0 Å². The number of benzene rings is 8. The summed E-state index contributed by atoms with van der Waals surface area (Å²) >= 11 is 0. The molecule has 0 saturated heterocycles. The molecule has 8 aromatic carbocycles. The highest BCUT2D eigenvalue weighted by Crippen LogP contribution is 2.44. The average Bonchev–Trinajstić information content (AvgIpc) is 3.76. The fraction of sp³-hybridized carbons (Fsp3) is 0.0385. The molecule has 0 N–H and O–H groups in total. The van der Waals surface area contributed by atoms with Gasteiger partial charge in [-0.25, -0.2) is 0 Å². The lowest BCUT2D eigenvalue weighted by Gasteiger charge is -2.21. The Labute approximate surface area is 325 Å². The molecule has 0 radical (unpaired) electrons. The molecule has 0 atom stereocenters. The van der Waals surface area contributed by atoms with E-state index in [0.29, 0.717) is 11.1 Å². The van der Waals surface area contributed by atoms with Crippen molar-refractivity contribution in [2.75, 3.05) is 0 Å². The van der Waals surface area contributed by atoms with E-state index >= 15 is 0 Å². The lowest BCUT2D eigenvalue weighted by molar-refractivity contribution is 1.13. The molecule has 2 heterocycles. The van der Waals surface area contributed by atoms with E-state index in [1.54, 1.807) is 0 Å². The van der Waals surface area contributed by atoms with Crippen LogP contribution in [0, 0.1) is 36.5 Å². The van der Waals surface area contributed by atoms with Gasteiger partial charge in [0.2, 0.25) is 0 Å². The van der Waals surface area contributed by atoms with Crippen LogP contribution in [0.4, 0.5) is 0 Å². The minimum absolute atomic E-state index is 0.541. The van der Waals surface area contributed by atoms with Gasteiger partial charge in [-0.05, 0) is 102 Å². The Hall–Kier alpha value is -7.66. The van der Waals surface area contributed by atoms with E-state index in [4.69, 9.17) is 0 Å². The van der Waals surface area contributed by atoms with Gasteiger partial charge < -0.3 is 9.13 Å². The first-order chi connectivity index (χ1) is 27.5. The fourth-order valence-corrected chi connectivity index (χ4v) is 8.39. The second kappa shape index (κ2) is 13.0. The lowest BCUT2D eigenvalue weighted by Crippen LogP contribution is -2.05. The Morgan fingerprint density at radius 1 is 0.357 bits per heavy atom. The van der Waals surface area contributed by atoms with Gasteiger partial charge in [0.05, 0.1) is 56.7 Å². The molecular weight excluding hydrogens is 681 g/mol. The number of hydrogen-bond donors (Lipinski definition) is 0. The van der Waals surface area contributed by atoms with Crippen molar-refractivity contribution in [3.63, 3.8) is 0 Å². The van der Waals surface area contributed by atoms with Crippen molar-refractivity contribution in [3.8, 4) is 56.9 Å². The number of rotatable bonds is 5. The molecule has 0 amide bonds. The van der Waals surface area contributed by atoms with Crippen molar-refractivity contribution in [1.29, 1.82) is 10.5 Å². The van der Waals surface area contributed by atoms with E-state index in [1.807, 2.05) is 30.3 Å². The molecule has 2 aromatic heterocycles. The summed E-state index contributed by atoms with van der Waals surface area (Å²) in [6.45, 7) is 4.21. The van der Waals surface area contributed by atoms with E-state index in [2.05, 4.69) is 175 Å². The zero-order chi connectivity index (χ0) is 37.9. The highest BCUT2D eigenvalue weighted by Gasteiger charge is 2.24. The second-order valence-corrected chi connectivity index (χ2v) is 14.6. The smallest absolute Gasteiger partial charge is 0.0993 e. The number of para-hydroxylation sites is 2. The summed E-state index contributed by atoms with van der Waals surface area (Å²) < 4.78 is 4.59. The highest BCUT2D eigenvalue weighted by atomic mass is 15.0. The molecule has 0 aliphatic rings. The maximum absolute atomic E-state index is 10.7. The number of aryl methyl sites for hydroxylation is 2. The van der Waals surface area contributed by atoms with Crippen molar-refractivity contribution in [3.05, 3.63) is 192 Å². The van der Waals surface area contributed by atoms with Crippen molar-refractivity contribution in [2.45, 2.75) is 13.8 Å². The van der Waals surface area contributed by atoms with Gasteiger partial charge in [0.1, 0.15) is 0 Å². The third-order valence-electron chi connectivity index (χ3n) is 11.1. The van der Waals surface area contributed by atoms with Crippen LogP contribution in [0.25, 0.3) is 88.4 Å². The van der Waals surface area contributed by atoms with E-state index in [1.165, 1.54) is 11.1 Å². The van der Waals surface area contributed by atoms with E-state index in [9.17, 15) is 10.5 Å². The van der Waals surface area contributed by atoms with E-state index in [0.717, 1.165) is 88.4 Å². The molecular formula is C52H34N4. The van der Waals surface area contributed by atoms with Crippen LogP contribution in [0.3, 0.4) is 0 Å². The molecule has 0 saturated carbocycles. The van der Waals surface area contributed by atoms with Gasteiger partial charge in [-0.1, -0.05) is 120 Å². The molecule has 0 spiro atoms. The topological polar surface area (TPSA) is 57.4 Å². The summed E-state index contributed by atoms with van der Waals surface area (Å²) in [5.74, 6) is 0. The quantitative estimate of drug-likeness (QED) is 0.178. The Morgan fingerprint density at radius 2 is 0.804 bits per heavy atom. The maximum atomic E-state index is 10.7. The number of hydrogen-bond acceptors (Lipinski definition) is 2. The molecule has 10 aromatic rings. The van der Waals surface area contributed by atoms with E-state index < -0.39 is 0 Å². The summed E-state index contributed by atoms with van der Waals surface area (Å²) in [5.41, 5.74) is 15.9.